The second-order valence-electron chi connectivity index (χ2n) is 4.42. The Labute approximate surface area is 154 Å². The molecule has 0 radical (unpaired) electrons. The van der Waals surface area contributed by atoms with Crippen LogP contribution in [0.25, 0.3) is 5.65 Å². The Balaban J connectivity index is 2.11. The molecule has 0 saturated heterocycles. The maximum atomic E-state index is 12.5. The number of ether oxygens (including phenoxy) is 1. The molecule has 3 rings (SSSR count). The van der Waals surface area contributed by atoms with Crippen molar-refractivity contribution in [2.24, 2.45) is 0 Å². The molecule has 1 aromatic carbocycles. The van der Waals surface area contributed by atoms with Crippen LogP contribution in [0, 0.1) is 0 Å². The summed E-state index contributed by atoms with van der Waals surface area (Å²) in [6, 6.07) is 4.61. The van der Waals surface area contributed by atoms with Gasteiger partial charge in [0.05, 0.1) is 29.0 Å². The lowest BCUT2D eigenvalue weighted by Gasteiger charge is -2.08. The van der Waals surface area contributed by atoms with E-state index in [1.165, 1.54) is 30.0 Å². The van der Waals surface area contributed by atoms with Gasteiger partial charge in [-0.25, -0.2) is 4.98 Å². The summed E-state index contributed by atoms with van der Waals surface area (Å²) in [5.74, 6) is 0.128. The lowest BCUT2D eigenvalue weighted by atomic mass is 10.3. The molecule has 0 aliphatic carbocycles. The zero-order valence-electron chi connectivity index (χ0n) is 11.9. The van der Waals surface area contributed by atoms with Crippen LogP contribution in [0.5, 0.6) is 5.88 Å². The largest absolute Gasteiger partial charge is 0.478 e. The number of methoxy groups -OCH3 is 1. The molecule has 0 bridgehead atoms. The highest BCUT2D eigenvalue weighted by Crippen LogP contribution is 2.31. The number of benzene rings is 1. The summed E-state index contributed by atoms with van der Waals surface area (Å²) in [4.78, 5) is 7.95. The number of fused-ring (bicyclic) bond motifs is 1. The summed E-state index contributed by atoms with van der Waals surface area (Å²) in [6.45, 7) is 0. The topological polar surface area (TPSA) is 98.5 Å². The second-order valence-corrected chi connectivity index (χ2v) is 7.63. The minimum atomic E-state index is -4.13. The van der Waals surface area contributed by atoms with Crippen molar-refractivity contribution in [3.8, 4) is 5.88 Å². The van der Waals surface area contributed by atoms with Crippen molar-refractivity contribution in [1.29, 1.82) is 0 Å². The van der Waals surface area contributed by atoms with Gasteiger partial charge in [-0.05, 0) is 28.1 Å². The normalized spacial score (nSPS) is 11.7. The third-order valence-electron chi connectivity index (χ3n) is 2.90. The first-order chi connectivity index (χ1) is 11.3. The van der Waals surface area contributed by atoms with Gasteiger partial charge in [0.25, 0.3) is 21.1 Å². The van der Waals surface area contributed by atoms with Gasteiger partial charge in [-0.15, -0.1) is 5.10 Å². The Bertz CT molecular complexity index is 1020. The summed E-state index contributed by atoms with van der Waals surface area (Å²) >= 11 is 15.2. The van der Waals surface area contributed by atoms with Crippen molar-refractivity contribution in [2.75, 3.05) is 11.8 Å². The third kappa shape index (κ3) is 3.02. The van der Waals surface area contributed by atoms with Crippen LogP contribution in [-0.2, 0) is 10.0 Å². The third-order valence-corrected chi connectivity index (χ3v) is 5.20. The Morgan fingerprint density at radius 1 is 1.29 bits per heavy atom. The van der Waals surface area contributed by atoms with Gasteiger partial charge in [-0.1, -0.05) is 29.3 Å². The average molecular weight is 453 g/mol. The van der Waals surface area contributed by atoms with E-state index in [0.717, 1.165) is 0 Å². The van der Waals surface area contributed by atoms with Gasteiger partial charge >= 0.3 is 0 Å². The highest BCUT2D eigenvalue weighted by Gasteiger charge is 2.25. The SMILES string of the molecule is COc1ncc(Br)n2nc(S(=O)(=O)Nc3c(Cl)cccc3Cl)nc12. The average Bonchev–Trinajstić information content (AvgIpc) is 2.99. The number of nitrogens with one attached hydrogen (secondary N) is 1. The molecule has 0 amide bonds. The van der Waals surface area contributed by atoms with Gasteiger partial charge in [0, 0.05) is 0 Å². The van der Waals surface area contributed by atoms with Gasteiger partial charge in [-0.2, -0.15) is 17.9 Å². The van der Waals surface area contributed by atoms with Crippen LogP contribution >= 0.6 is 39.1 Å². The van der Waals surface area contributed by atoms with E-state index in [1.807, 2.05) is 0 Å². The number of anilines is 1. The highest BCUT2D eigenvalue weighted by atomic mass is 79.9. The van der Waals surface area contributed by atoms with Crippen molar-refractivity contribution in [2.45, 2.75) is 5.16 Å². The number of halogens is 3. The maximum Gasteiger partial charge on any atom is 0.299 e. The van der Waals surface area contributed by atoms with Crippen molar-refractivity contribution in [3.05, 3.63) is 39.0 Å². The van der Waals surface area contributed by atoms with Crippen LogP contribution < -0.4 is 9.46 Å². The van der Waals surface area contributed by atoms with E-state index in [4.69, 9.17) is 27.9 Å². The molecule has 0 aliphatic rings. The molecule has 24 heavy (non-hydrogen) atoms. The number of hydrogen-bond acceptors (Lipinski definition) is 6. The Hall–Kier alpha value is -1.62. The smallest absolute Gasteiger partial charge is 0.299 e. The highest BCUT2D eigenvalue weighted by molar-refractivity contribution is 9.10. The van der Waals surface area contributed by atoms with Gasteiger partial charge in [0.2, 0.25) is 5.65 Å². The molecule has 2 aromatic heterocycles. The molecule has 0 aliphatic heterocycles. The molecule has 0 atom stereocenters. The van der Waals surface area contributed by atoms with Crippen LogP contribution in [0.15, 0.2) is 34.2 Å². The Morgan fingerprint density at radius 2 is 1.96 bits per heavy atom. The molecule has 0 fully saturated rings. The first-order valence-corrected chi connectivity index (χ1v) is 9.29. The molecule has 0 unspecified atom stereocenters. The van der Waals surface area contributed by atoms with E-state index in [-0.39, 0.29) is 27.3 Å². The molecule has 8 nitrogen and oxygen atoms in total. The Kier molecular flexibility index (Phi) is 4.56. The minimum Gasteiger partial charge on any atom is -0.478 e. The number of aromatic nitrogens is 4. The first kappa shape index (κ1) is 17.2. The molecular weight excluding hydrogens is 445 g/mol. The number of hydrogen-bond donors (Lipinski definition) is 1. The van der Waals surface area contributed by atoms with Crippen LogP contribution in [-0.4, -0.2) is 35.1 Å². The van der Waals surface area contributed by atoms with Crippen LogP contribution in [0.3, 0.4) is 0 Å². The molecule has 3 aromatic rings. The van der Waals surface area contributed by atoms with Crippen molar-refractivity contribution in [1.82, 2.24) is 19.6 Å². The maximum absolute atomic E-state index is 12.5. The van der Waals surface area contributed by atoms with E-state index >= 15 is 0 Å². The van der Waals surface area contributed by atoms with Crippen molar-refractivity contribution < 1.29 is 13.2 Å². The molecule has 0 saturated carbocycles. The molecular formula is C12H8BrCl2N5O3S. The molecule has 1 N–H and O–H groups in total. The molecule has 126 valence electrons. The summed E-state index contributed by atoms with van der Waals surface area (Å²) < 4.78 is 34.1. The predicted octanol–water partition coefficient (Wildman–Crippen LogP) is 3.00. The summed E-state index contributed by atoms with van der Waals surface area (Å²) in [7, 11) is -2.74. The van der Waals surface area contributed by atoms with Crippen LogP contribution in [0.4, 0.5) is 5.69 Å². The van der Waals surface area contributed by atoms with Crippen LogP contribution in [0.2, 0.25) is 10.0 Å². The monoisotopic (exact) mass is 451 g/mol. The van der Waals surface area contributed by atoms with Gasteiger partial charge in [-0.3, -0.25) is 4.72 Å². The lowest BCUT2D eigenvalue weighted by Crippen LogP contribution is -2.15. The zero-order chi connectivity index (χ0) is 17.5. The minimum absolute atomic E-state index is 0.0452. The standard InChI is InChI=1S/C12H8BrCl2N5O3S/c1-23-11-10-17-12(18-20(10)8(13)5-16-11)24(21,22)19-9-6(14)3-2-4-7(9)15/h2-5,19H,1H3. The molecule has 12 heteroatoms. The van der Waals surface area contributed by atoms with Crippen molar-refractivity contribution in [3.63, 3.8) is 0 Å². The van der Waals surface area contributed by atoms with E-state index in [9.17, 15) is 8.42 Å². The number of sulfonamides is 1. The van der Waals surface area contributed by atoms with Crippen LogP contribution in [0.1, 0.15) is 0 Å². The molecule has 2 heterocycles. The summed E-state index contributed by atoms with van der Waals surface area (Å²) in [5.41, 5.74) is 0.182. The molecule has 0 spiro atoms. The quantitative estimate of drug-likeness (QED) is 0.653. The van der Waals surface area contributed by atoms with E-state index < -0.39 is 15.2 Å². The summed E-state index contributed by atoms with van der Waals surface area (Å²) in [5, 5.41) is 3.77. The fourth-order valence-electron chi connectivity index (χ4n) is 1.84. The number of para-hydroxylation sites is 1. The van der Waals surface area contributed by atoms with E-state index in [0.29, 0.717) is 4.60 Å². The number of nitrogens with zero attached hydrogens (tertiary/aromatic N) is 4. The first-order valence-electron chi connectivity index (χ1n) is 6.25. The van der Waals surface area contributed by atoms with E-state index in [2.05, 4.69) is 35.7 Å². The van der Waals surface area contributed by atoms with E-state index in [1.54, 1.807) is 6.07 Å². The van der Waals surface area contributed by atoms with Crippen molar-refractivity contribution >= 4 is 60.5 Å². The lowest BCUT2D eigenvalue weighted by molar-refractivity contribution is 0.399. The predicted molar refractivity (Wildman–Crippen MR) is 92.3 cm³/mol. The fourth-order valence-corrected chi connectivity index (χ4v) is 3.77. The van der Waals surface area contributed by atoms with Gasteiger partial charge < -0.3 is 4.74 Å². The Morgan fingerprint density at radius 3 is 2.58 bits per heavy atom. The van der Waals surface area contributed by atoms with Gasteiger partial charge in [0.1, 0.15) is 4.60 Å². The number of rotatable bonds is 4. The zero-order valence-corrected chi connectivity index (χ0v) is 15.8. The summed E-state index contributed by atoms with van der Waals surface area (Å²) in [6.07, 6.45) is 1.41. The second kappa shape index (κ2) is 6.36. The fraction of sp³-hybridized carbons (Fsp3) is 0.0833. The van der Waals surface area contributed by atoms with Gasteiger partial charge in [0.15, 0.2) is 0 Å².